The molecule has 0 fully saturated rings. The van der Waals surface area contributed by atoms with Crippen molar-refractivity contribution in [3.05, 3.63) is 50.4 Å². The van der Waals surface area contributed by atoms with Crippen LogP contribution in [0.3, 0.4) is 0 Å². The number of hydrogen-bond acceptors (Lipinski definition) is 2. The quantitative estimate of drug-likeness (QED) is 0.731. The van der Waals surface area contributed by atoms with E-state index in [0.29, 0.717) is 14.6 Å². The van der Waals surface area contributed by atoms with Gasteiger partial charge in [0.1, 0.15) is 11.5 Å². The van der Waals surface area contributed by atoms with Crippen molar-refractivity contribution in [3.8, 4) is 0 Å². The first-order chi connectivity index (χ1) is 8.91. The van der Waals surface area contributed by atoms with Crippen LogP contribution in [-0.4, -0.2) is 15.6 Å². The molecule has 3 nitrogen and oxygen atoms in total. The highest BCUT2D eigenvalue weighted by Gasteiger charge is 2.22. The molecule has 6 heteroatoms. The molecule has 2 rings (SSSR count). The molecule has 0 aliphatic carbocycles. The minimum atomic E-state index is -0.553. The summed E-state index contributed by atoms with van der Waals surface area (Å²) in [6.45, 7) is 3.82. The van der Waals surface area contributed by atoms with Crippen LogP contribution in [0.15, 0.2) is 33.3 Å². The van der Waals surface area contributed by atoms with Gasteiger partial charge in [-0.3, -0.25) is 9.48 Å². The maximum absolute atomic E-state index is 13.9. The molecule has 1 heterocycles. The summed E-state index contributed by atoms with van der Waals surface area (Å²) in [6.07, 6.45) is 1.55. The Balaban J connectivity index is 2.53. The van der Waals surface area contributed by atoms with Crippen molar-refractivity contribution < 1.29 is 9.18 Å². The van der Waals surface area contributed by atoms with Gasteiger partial charge in [-0.15, -0.1) is 0 Å². The molecule has 19 heavy (non-hydrogen) atoms. The summed E-state index contributed by atoms with van der Waals surface area (Å²) in [7, 11) is 0. The Hall–Kier alpha value is -1.01. The number of nitrogens with zero attached hydrogens (tertiary/aromatic N) is 2. The number of benzene rings is 1. The smallest absolute Gasteiger partial charge is 0.215 e. The summed E-state index contributed by atoms with van der Waals surface area (Å²) >= 11 is 6.45. The number of aromatic nitrogens is 2. The van der Waals surface area contributed by atoms with Crippen LogP contribution in [0.1, 0.15) is 35.9 Å². The van der Waals surface area contributed by atoms with E-state index >= 15 is 0 Å². The van der Waals surface area contributed by atoms with Gasteiger partial charge >= 0.3 is 0 Å². The fraction of sp³-hybridized carbons (Fsp3) is 0.231. The Morgan fingerprint density at radius 3 is 2.63 bits per heavy atom. The average Bonchev–Trinajstić information content (AvgIpc) is 2.70. The van der Waals surface area contributed by atoms with Crippen LogP contribution in [0, 0.1) is 5.82 Å². The minimum Gasteiger partial charge on any atom is -0.287 e. The summed E-state index contributed by atoms with van der Waals surface area (Å²) in [5, 5.41) is 4.13. The predicted octanol–water partition coefficient (Wildman–Crippen LogP) is 4.36. The van der Waals surface area contributed by atoms with Gasteiger partial charge < -0.3 is 0 Å². The summed E-state index contributed by atoms with van der Waals surface area (Å²) in [6, 6.07) is 4.40. The van der Waals surface area contributed by atoms with E-state index in [1.807, 2.05) is 13.8 Å². The summed E-state index contributed by atoms with van der Waals surface area (Å²) < 4.78 is 16.6. The van der Waals surface area contributed by atoms with Gasteiger partial charge in [0.15, 0.2) is 0 Å². The number of carbonyl (C=O) groups excluding carboxylic acids is 1. The van der Waals surface area contributed by atoms with Gasteiger partial charge in [-0.05, 0) is 48.0 Å². The molecule has 100 valence electrons. The van der Waals surface area contributed by atoms with E-state index in [0.717, 1.165) is 0 Å². The van der Waals surface area contributed by atoms with Crippen molar-refractivity contribution in [3.63, 3.8) is 0 Å². The van der Waals surface area contributed by atoms with Gasteiger partial charge in [-0.2, -0.15) is 5.10 Å². The number of ketones is 1. The second-order valence-electron chi connectivity index (χ2n) is 4.33. The number of hydrogen-bond donors (Lipinski definition) is 0. The molecule has 0 bridgehead atoms. The van der Waals surface area contributed by atoms with Crippen molar-refractivity contribution in [1.29, 1.82) is 0 Å². The molecule has 0 saturated heterocycles. The van der Waals surface area contributed by atoms with Crippen LogP contribution in [-0.2, 0) is 0 Å². The Labute approximate surface area is 127 Å². The number of rotatable bonds is 3. The predicted molar refractivity (Wildman–Crippen MR) is 77.8 cm³/mol. The average molecular weight is 390 g/mol. The molecule has 0 spiro atoms. The van der Waals surface area contributed by atoms with E-state index in [1.54, 1.807) is 16.9 Å². The van der Waals surface area contributed by atoms with Crippen molar-refractivity contribution >= 4 is 37.6 Å². The monoisotopic (exact) mass is 388 g/mol. The zero-order valence-electron chi connectivity index (χ0n) is 10.3. The van der Waals surface area contributed by atoms with Crippen molar-refractivity contribution in [2.75, 3.05) is 0 Å². The number of halogens is 3. The van der Waals surface area contributed by atoms with E-state index in [1.165, 1.54) is 12.1 Å². The SMILES string of the molecule is CC(C)n1ncc(Br)c1C(=O)c1ccc(Br)cc1F. The lowest BCUT2D eigenvalue weighted by molar-refractivity contribution is 0.102. The Morgan fingerprint density at radius 2 is 2.05 bits per heavy atom. The van der Waals surface area contributed by atoms with Crippen LogP contribution in [0.5, 0.6) is 0 Å². The van der Waals surface area contributed by atoms with Gasteiger partial charge in [0.05, 0.1) is 16.2 Å². The summed E-state index contributed by atoms with van der Waals surface area (Å²) in [4.78, 5) is 12.4. The van der Waals surface area contributed by atoms with Crippen LogP contribution < -0.4 is 0 Å². The van der Waals surface area contributed by atoms with E-state index < -0.39 is 5.82 Å². The van der Waals surface area contributed by atoms with Crippen molar-refractivity contribution in [2.24, 2.45) is 0 Å². The lowest BCUT2D eigenvalue weighted by atomic mass is 10.1. The van der Waals surface area contributed by atoms with Gasteiger partial charge in [-0.25, -0.2) is 4.39 Å². The molecule has 0 amide bonds. The minimum absolute atomic E-state index is 0.0174. The zero-order chi connectivity index (χ0) is 14.2. The van der Waals surface area contributed by atoms with Gasteiger partial charge in [0.25, 0.3) is 0 Å². The molecular formula is C13H11Br2FN2O. The van der Waals surface area contributed by atoms with Gasteiger partial charge in [0.2, 0.25) is 5.78 Å². The molecule has 1 aromatic heterocycles. The van der Waals surface area contributed by atoms with E-state index in [2.05, 4.69) is 37.0 Å². The molecule has 0 saturated carbocycles. The first-order valence-corrected chi connectivity index (χ1v) is 7.23. The van der Waals surface area contributed by atoms with Gasteiger partial charge in [-0.1, -0.05) is 15.9 Å². The summed E-state index contributed by atoms with van der Waals surface area (Å²) in [5.41, 5.74) is 0.391. The number of carbonyl (C=O) groups is 1. The fourth-order valence-corrected chi connectivity index (χ4v) is 2.53. The Morgan fingerprint density at radius 1 is 1.37 bits per heavy atom. The fourth-order valence-electron chi connectivity index (χ4n) is 1.75. The molecule has 2 aromatic rings. The van der Waals surface area contributed by atoms with E-state index in [9.17, 15) is 9.18 Å². The molecule has 0 atom stereocenters. The third kappa shape index (κ3) is 2.79. The maximum atomic E-state index is 13.9. The molecular weight excluding hydrogens is 379 g/mol. The van der Waals surface area contributed by atoms with E-state index in [4.69, 9.17) is 0 Å². The molecule has 1 aromatic carbocycles. The van der Waals surface area contributed by atoms with Crippen LogP contribution in [0.4, 0.5) is 4.39 Å². The molecule has 0 aliphatic heterocycles. The third-order valence-electron chi connectivity index (χ3n) is 2.63. The molecule has 0 aliphatic rings. The van der Waals surface area contributed by atoms with Crippen LogP contribution in [0.2, 0.25) is 0 Å². The van der Waals surface area contributed by atoms with Crippen LogP contribution >= 0.6 is 31.9 Å². The largest absolute Gasteiger partial charge is 0.287 e. The topological polar surface area (TPSA) is 34.9 Å². The summed E-state index contributed by atoms with van der Waals surface area (Å²) in [5.74, 6) is -0.939. The molecule has 0 unspecified atom stereocenters. The third-order valence-corrected chi connectivity index (χ3v) is 3.70. The first kappa shape index (κ1) is 14.4. The normalized spacial score (nSPS) is 11.1. The molecule has 0 radical (unpaired) electrons. The lowest BCUT2D eigenvalue weighted by Crippen LogP contribution is -2.15. The second kappa shape index (κ2) is 5.54. The highest BCUT2D eigenvalue weighted by atomic mass is 79.9. The second-order valence-corrected chi connectivity index (χ2v) is 6.10. The van der Waals surface area contributed by atoms with E-state index in [-0.39, 0.29) is 17.4 Å². The highest BCUT2D eigenvalue weighted by molar-refractivity contribution is 9.10. The maximum Gasteiger partial charge on any atom is 0.215 e. The lowest BCUT2D eigenvalue weighted by Gasteiger charge is -2.11. The Bertz CT molecular complexity index is 638. The highest BCUT2D eigenvalue weighted by Crippen LogP contribution is 2.25. The van der Waals surface area contributed by atoms with Gasteiger partial charge in [0, 0.05) is 10.5 Å². The Kier molecular flexibility index (Phi) is 4.20. The first-order valence-electron chi connectivity index (χ1n) is 5.64. The van der Waals surface area contributed by atoms with Crippen molar-refractivity contribution in [1.82, 2.24) is 9.78 Å². The molecule has 0 N–H and O–H groups in total. The standard InChI is InChI=1S/C13H11Br2FN2O/c1-7(2)18-12(10(15)6-17-18)13(19)9-4-3-8(14)5-11(9)16/h3-7H,1-2H3. The van der Waals surface area contributed by atoms with Crippen LogP contribution in [0.25, 0.3) is 0 Å². The zero-order valence-corrected chi connectivity index (χ0v) is 13.5. The van der Waals surface area contributed by atoms with Crippen molar-refractivity contribution in [2.45, 2.75) is 19.9 Å².